The normalized spacial score (nSPS) is 35.4. The summed E-state index contributed by atoms with van der Waals surface area (Å²) in [6, 6.07) is 9.65. The molecule has 4 atom stereocenters. The first-order valence-electron chi connectivity index (χ1n) is 6.81. The van der Waals surface area contributed by atoms with Gasteiger partial charge in [-0.2, -0.15) is 0 Å². The summed E-state index contributed by atoms with van der Waals surface area (Å²) in [6.07, 6.45) is 2.60. The molecule has 0 aromatic heterocycles. The third kappa shape index (κ3) is 1.95. The molecular weight excluding hydrogens is 232 g/mol. The molecule has 2 aliphatic rings. The fourth-order valence-corrected chi connectivity index (χ4v) is 3.40. The summed E-state index contributed by atoms with van der Waals surface area (Å²) in [4.78, 5) is 2.01. The molecule has 3 heteroatoms. The Morgan fingerprint density at radius 2 is 1.94 bits per heavy atom. The molecule has 2 fully saturated rings. The van der Waals surface area contributed by atoms with Crippen molar-refractivity contribution in [3.05, 3.63) is 35.9 Å². The van der Waals surface area contributed by atoms with Crippen molar-refractivity contribution in [1.29, 1.82) is 0 Å². The minimum absolute atomic E-state index is 0.0617. The first kappa shape index (κ1) is 12.1. The molecule has 1 saturated carbocycles. The minimum atomic E-state index is -2.50. The van der Waals surface area contributed by atoms with Gasteiger partial charge in [-0.3, -0.25) is 4.90 Å². The maximum absolute atomic E-state index is 14.0. The van der Waals surface area contributed by atoms with E-state index in [1.165, 1.54) is 0 Å². The molecule has 1 aromatic carbocycles. The van der Waals surface area contributed by atoms with Crippen LogP contribution in [0.5, 0.6) is 0 Å². The Bertz CT molecular complexity index is 418. The highest BCUT2D eigenvalue weighted by molar-refractivity contribution is 5.23. The number of likely N-dealkylation sites (tertiary alicyclic amines) is 1. The van der Waals surface area contributed by atoms with Crippen LogP contribution in [-0.2, 0) is 0 Å². The summed E-state index contributed by atoms with van der Waals surface area (Å²) in [5.41, 5.74) is 1.14. The first-order chi connectivity index (χ1) is 8.61. The fraction of sp³-hybridized carbons (Fsp3) is 0.600. The van der Waals surface area contributed by atoms with Crippen LogP contribution in [0, 0.1) is 0 Å². The van der Waals surface area contributed by atoms with Gasteiger partial charge in [0.2, 0.25) is 0 Å². The van der Waals surface area contributed by atoms with Crippen LogP contribution < -0.4 is 0 Å². The number of halogens is 2. The molecule has 18 heavy (non-hydrogen) atoms. The molecule has 0 spiro atoms. The third-order valence-corrected chi connectivity index (χ3v) is 4.40. The lowest BCUT2D eigenvalue weighted by Gasteiger charge is -2.20. The topological polar surface area (TPSA) is 3.01 Å². The number of hydrogen-bond donors (Lipinski definition) is 0. The summed E-state index contributed by atoms with van der Waals surface area (Å²) in [6.45, 7) is 2.04. The third-order valence-electron chi connectivity index (χ3n) is 4.40. The van der Waals surface area contributed by atoms with Gasteiger partial charge in [-0.25, -0.2) is 8.78 Å². The maximum Gasteiger partial charge on any atom is 0.264 e. The predicted octanol–water partition coefficient (Wildman–Crippen LogP) is 4.01. The van der Waals surface area contributed by atoms with Crippen molar-refractivity contribution in [2.75, 3.05) is 0 Å². The molecule has 0 amide bonds. The first-order valence-corrected chi connectivity index (χ1v) is 6.81. The fourth-order valence-electron chi connectivity index (χ4n) is 3.40. The Labute approximate surface area is 107 Å². The zero-order valence-corrected chi connectivity index (χ0v) is 10.7. The van der Waals surface area contributed by atoms with E-state index in [4.69, 9.17) is 0 Å². The number of alkyl halides is 2. The van der Waals surface area contributed by atoms with E-state index in [9.17, 15) is 8.78 Å². The number of fused-ring (bicyclic) bond motifs is 1. The van der Waals surface area contributed by atoms with Gasteiger partial charge in [0, 0.05) is 18.5 Å². The average molecular weight is 251 g/mol. The zero-order valence-electron chi connectivity index (χ0n) is 10.7. The molecule has 1 nitrogen and oxygen atoms in total. The Morgan fingerprint density at radius 1 is 1.22 bits per heavy atom. The maximum atomic E-state index is 14.0. The Balaban J connectivity index is 1.79. The van der Waals surface area contributed by atoms with Gasteiger partial charge in [0.1, 0.15) is 0 Å². The zero-order chi connectivity index (χ0) is 12.8. The van der Waals surface area contributed by atoms with Crippen LogP contribution in [0.3, 0.4) is 0 Å². The second kappa shape index (κ2) is 4.30. The Kier molecular flexibility index (Phi) is 2.89. The van der Waals surface area contributed by atoms with Crippen molar-refractivity contribution in [3.63, 3.8) is 0 Å². The molecular formula is C15H19F2N. The predicted molar refractivity (Wildman–Crippen MR) is 67.7 cm³/mol. The van der Waals surface area contributed by atoms with Crippen LogP contribution in [0.25, 0.3) is 0 Å². The van der Waals surface area contributed by atoms with Crippen molar-refractivity contribution >= 4 is 0 Å². The summed E-state index contributed by atoms with van der Waals surface area (Å²) in [5, 5.41) is 0. The van der Waals surface area contributed by atoms with Gasteiger partial charge in [0.25, 0.3) is 5.92 Å². The van der Waals surface area contributed by atoms with E-state index in [2.05, 4.69) is 0 Å². The smallest absolute Gasteiger partial charge is 0.264 e. The lowest BCUT2D eigenvalue weighted by molar-refractivity contribution is -0.0240. The van der Waals surface area contributed by atoms with Gasteiger partial charge in [-0.15, -0.1) is 0 Å². The van der Waals surface area contributed by atoms with Crippen molar-refractivity contribution < 1.29 is 8.78 Å². The quantitative estimate of drug-likeness (QED) is 0.718. The second-order valence-corrected chi connectivity index (χ2v) is 5.55. The monoisotopic (exact) mass is 251 g/mol. The van der Waals surface area contributed by atoms with Crippen LogP contribution in [0.4, 0.5) is 8.78 Å². The highest BCUT2D eigenvalue weighted by Gasteiger charge is 2.63. The van der Waals surface area contributed by atoms with Crippen LogP contribution in [0.2, 0.25) is 0 Å². The molecule has 1 unspecified atom stereocenters. The minimum Gasteiger partial charge on any atom is -0.282 e. The van der Waals surface area contributed by atoms with Crippen LogP contribution in [0.1, 0.15) is 44.2 Å². The van der Waals surface area contributed by atoms with E-state index in [0.29, 0.717) is 6.42 Å². The molecule has 1 aromatic rings. The van der Waals surface area contributed by atoms with E-state index in [0.717, 1.165) is 18.4 Å². The molecule has 0 bridgehead atoms. The van der Waals surface area contributed by atoms with E-state index < -0.39 is 12.0 Å². The van der Waals surface area contributed by atoms with Crippen molar-refractivity contribution in [2.45, 2.75) is 56.7 Å². The average Bonchev–Trinajstić information content (AvgIpc) is 3.11. The molecule has 1 aliphatic heterocycles. The molecule has 1 heterocycles. The largest absolute Gasteiger partial charge is 0.282 e. The van der Waals surface area contributed by atoms with Gasteiger partial charge < -0.3 is 0 Å². The van der Waals surface area contributed by atoms with Gasteiger partial charge >= 0.3 is 0 Å². The van der Waals surface area contributed by atoms with Crippen LogP contribution in [0.15, 0.2) is 30.3 Å². The van der Waals surface area contributed by atoms with Gasteiger partial charge in [-0.1, -0.05) is 36.8 Å². The molecule has 98 valence electrons. The standard InChI is InChI=1S/C15H19F2N/c1-11(12-7-3-2-4-8-12)18-13-9-5-6-10-15(16,17)14(13)18/h2-4,7-8,11,13-14H,5-6,9-10H2,1H3/t11-,13+,14+,18?/m1/s1. The SMILES string of the molecule is C[C@H](c1ccccc1)N1[C@H]2[C@@H]1CCCCC2(F)F. The number of rotatable bonds is 2. The summed E-state index contributed by atoms with van der Waals surface area (Å²) in [5.74, 6) is -2.50. The highest BCUT2D eigenvalue weighted by atomic mass is 19.3. The lowest BCUT2D eigenvalue weighted by Crippen LogP contribution is -2.27. The molecule has 0 N–H and O–H groups in total. The van der Waals surface area contributed by atoms with E-state index in [1.807, 2.05) is 42.2 Å². The Morgan fingerprint density at radius 3 is 2.67 bits per heavy atom. The second-order valence-electron chi connectivity index (χ2n) is 5.55. The van der Waals surface area contributed by atoms with Gasteiger partial charge in [-0.05, 0) is 25.3 Å². The molecule has 0 radical (unpaired) electrons. The summed E-state index contributed by atoms with van der Waals surface area (Å²) < 4.78 is 28.0. The Hall–Kier alpha value is -0.960. The summed E-state index contributed by atoms with van der Waals surface area (Å²) in [7, 11) is 0. The van der Waals surface area contributed by atoms with Crippen LogP contribution >= 0.6 is 0 Å². The van der Waals surface area contributed by atoms with Crippen molar-refractivity contribution in [3.8, 4) is 0 Å². The number of hydrogen-bond acceptors (Lipinski definition) is 1. The summed E-state index contributed by atoms with van der Waals surface area (Å²) >= 11 is 0. The lowest BCUT2D eigenvalue weighted by atomic mass is 10.1. The van der Waals surface area contributed by atoms with Crippen molar-refractivity contribution in [1.82, 2.24) is 4.90 Å². The number of benzene rings is 1. The van der Waals surface area contributed by atoms with E-state index in [-0.39, 0.29) is 18.5 Å². The van der Waals surface area contributed by atoms with Gasteiger partial charge in [0.15, 0.2) is 0 Å². The van der Waals surface area contributed by atoms with E-state index in [1.54, 1.807) is 0 Å². The molecule has 1 saturated heterocycles. The van der Waals surface area contributed by atoms with E-state index >= 15 is 0 Å². The molecule has 1 aliphatic carbocycles. The van der Waals surface area contributed by atoms with Crippen LogP contribution in [-0.4, -0.2) is 22.9 Å². The molecule has 3 rings (SSSR count). The van der Waals surface area contributed by atoms with Crippen molar-refractivity contribution in [2.24, 2.45) is 0 Å². The van der Waals surface area contributed by atoms with Gasteiger partial charge in [0.05, 0.1) is 6.04 Å². The highest BCUT2D eigenvalue weighted by Crippen LogP contribution is 2.51. The number of nitrogens with zero attached hydrogens (tertiary/aromatic N) is 1.